The van der Waals surface area contributed by atoms with Crippen molar-refractivity contribution < 1.29 is 28.6 Å². The van der Waals surface area contributed by atoms with E-state index in [0.29, 0.717) is 19.3 Å². The van der Waals surface area contributed by atoms with E-state index in [2.05, 4.69) is 179 Å². The normalized spacial score (nSPS) is 13.3. The van der Waals surface area contributed by atoms with E-state index in [1.54, 1.807) is 0 Å². The standard InChI is InChI=1S/C69H108O6/c1-4-7-10-13-16-18-20-22-24-25-26-27-28-29-30-31-32-33-34-35-36-37-38-39-40-41-42-43-45-46-48-50-53-56-59-62-68(71)74-65-66(64-73-67(70)61-58-55-52-15-12-9-6-3)75-69(72)63-60-57-54-51-49-47-44-23-21-19-17-14-11-8-5-2/h7-8,10-11,16-19,22-24,26-27,29-30,32-33,35-36,38-39,41-42,44,49,51,66H,4-6,9,12-15,20-21,25,28,31,34,37,40,43,45-48,50,52-65H2,1-3H3/b10-7-,11-8-,18-16-,19-17-,24-22-,27-26-,30-29-,33-32-,36-35-,39-38-,42-41-,44-23-,51-49-. The summed E-state index contributed by atoms with van der Waals surface area (Å²) in [6, 6.07) is 0. The fourth-order valence-corrected chi connectivity index (χ4v) is 7.60. The first-order valence-corrected chi connectivity index (χ1v) is 30.0. The third-order valence-corrected chi connectivity index (χ3v) is 12.0. The van der Waals surface area contributed by atoms with Crippen LogP contribution in [0.4, 0.5) is 0 Å². The molecule has 75 heavy (non-hydrogen) atoms. The molecule has 0 saturated carbocycles. The van der Waals surface area contributed by atoms with Gasteiger partial charge in [0, 0.05) is 19.3 Å². The van der Waals surface area contributed by atoms with Gasteiger partial charge in [0.1, 0.15) is 13.2 Å². The molecule has 0 amide bonds. The van der Waals surface area contributed by atoms with E-state index in [0.717, 1.165) is 141 Å². The maximum absolute atomic E-state index is 12.8. The van der Waals surface area contributed by atoms with Crippen LogP contribution in [0.2, 0.25) is 0 Å². The third-order valence-electron chi connectivity index (χ3n) is 12.0. The summed E-state index contributed by atoms with van der Waals surface area (Å²) in [7, 11) is 0. The first-order valence-electron chi connectivity index (χ1n) is 30.0. The van der Waals surface area contributed by atoms with Gasteiger partial charge in [-0.15, -0.1) is 0 Å². The average molecular weight is 1030 g/mol. The molecule has 0 N–H and O–H groups in total. The number of carbonyl (C=O) groups excluding carboxylic acids is 3. The molecule has 0 spiro atoms. The molecule has 0 bridgehead atoms. The highest BCUT2D eigenvalue weighted by molar-refractivity contribution is 5.71. The molecule has 0 aliphatic carbocycles. The van der Waals surface area contributed by atoms with E-state index >= 15 is 0 Å². The van der Waals surface area contributed by atoms with Crippen LogP contribution in [0.25, 0.3) is 0 Å². The van der Waals surface area contributed by atoms with Gasteiger partial charge in [0.2, 0.25) is 0 Å². The van der Waals surface area contributed by atoms with Gasteiger partial charge in [0.25, 0.3) is 0 Å². The maximum Gasteiger partial charge on any atom is 0.306 e. The monoisotopic (exact) mass is 1030 g/mol. The number of carbonyl (C=O) groups is 3. The predicted molar refractivity (Wildman–Crippen MR) is 325 cm³/mol. The van der Waals surface area contributed by atoms with Gasteiger partial charge < -0.3 is 14.2 Å². The van der Waals surface area contributed by atoms with Crippen LogP contribution in [0.15, 0.2) is 158 Å². The van der Waals surface area contributed by atoms with Gasteiger partial charge in [-0.2, -0.15) is 0 Å². The molecule has 0 rings (SSSR count). The van der Waals surface area contributed by atoms with Crippen molar-refractivity contribution >= 4 is 17.9 Å². The van der Waals surface area contributed by atoms with Crippen molar-refractivity contribution in [3.63, 3.8) is 0 Å². The molecule has 0 aliphatic heterocycles. The lowest BCUT2D eigenvalue weighted by atomic mass is 10.1. The van der Waals surface area contributed by atoms with Gasteiger partial charge in [-0.05, 0) is 128 Å². The number of ether oxygens (including phenoxy) is 3. The number of unbranched alkanes of at least 4 members (excludes halogenated alkanes) is 15. The molecule has 0 radical (unpaired) electrons. The van der Waals surface area contributed by atoms with Gasteiger partial charge in [-0.3, -0.25) is 14.4 Å². The molecule has 1 unspecified atom stereocenters. The van der Waals surface area contributed by atoms with E-state index in [-0.39, 0.29) is 37.5 Å². The molecule has 0 saturated heterocycles. The summed E-state index contributed by atoms with van der Waals surface area (Å²) in [5, 5.41) is 0. The second-order valence-corrected chi connectivity index (χ2v) is 19.1. The van der Waals surface area contributed by atoms with Crippen LogP contribution in [-0.4, -0.2) is 37.2 Å². The van der Waals surface area contributed by atoms with Crippen molar-refractivity contribution in [3.05, 3.63) is 158 Å². The molecule has 0 aromatic carbocycles. The molecule has 0 aliphatic rings. The largest absolute Gasteiger partial charge is 0.462 e. The molecule has 0 aromatic heterocycles. The minimum Gasteiger partial charge on any atom is -0.462 e. The molecule has 0 heterocycles. The Hall–Kier alpha value is -4.97. The minimum absolute atomic E-state index is 0.103. The minimum atomic E-state index is -0.807. The first kappa shape index (κ1) is 70.0. The molecule has 6 heteroatoms. The Kier molecular flexibility index (Phi) is 57.5. The number of rotatable bonds is 52. The fourth-order valence-electron chi connectivity index (χ4n) is 7.60. The van der Waals surface area contributed by atoms with Crippen molar-refractivity contribution in [2.24, 2.45) is 0 Å². The van der Waals surface area contributed by atoms with Crippen molar-refractivity contribution in [3.8, 4) is 0 Å². The lowest BCUT2D eigenvalue weighted by Crippen LogP contribution is -2.30. The molecular formula is C69H108O6. The maximum atomic E-state index is 12.8. The summed E-state index contributed by atoms with van der Waals surface area (Å²) < 4.78 is 16.7. The van der Waals surface area contributed by atoms with Gasteiger partial charge >= 0.3 is 17.9 Å². The Bertz CT molecular complexity index is 1710. The second-order valence-electron chi connectivity index (χ2n) is 19.1. The Balaban J connectivity index is 4.19. The van der Waals surface area contributed by atoms with Gasteiger partial charge in [0.05, 0.1) is 0 Å². The van der Waals surface area contributed by atoms with Crippen LogP contribution in [0.3, 0.4) is 0 Å². The highest BCUT2D eigenvalue weighted by Crippen LogP contribution is 2.13. The van der Waals surface area contributed by atoms with Gasteiger partial charge in [0.15, 0.2) is 6.10 Å². The number of hydrogen-bond donors (Lipinski definition) is 0. The molecule has 1 atom stereocenters. The zero-order valence-electron chi connectivity index (χ0n) is 48.0. The Morgan fingerprint density at radius 1 is 0.280 bits per heavy atom. The third kappa shape index (κ3) is 59.8. The Labute approximate surface area is 460 Å². The molecule has 6 nitrogen and oxygen atoms in total. The highest BCUT2D eigenvalue weighted by atomic mass is 16.6. The van der Waals surface area contributed by atoms with E-state index in [4.69, 9.17) is 14.2 Å². The summed E-state index contributed by atoms with van der Waals surface area (Å²) in [5.41, 5.74) is 0. The van der Waals surface area contributed by atoms with Crippen LogP contribution in [0.1, 0.15) is 239 Å². The zero-order valence-corrected chi connectivity index (χ0v) is 48.0. The van der Waals surface area contributed by atoms with Gasteiger partial charge in [-0.25, -0.2) is 0 Å². The second kappa shape index (κ2) is 61.6. The summed E-state index contributed by atoms with van der Waals surface area (Å²) in [6.45, 7) is 6.30. The van der Waals surface area contributed by atoms with Crippen molar-refractivity contribution in [1.29, 1.82) is 0 Å². The van der Waals surface area contributed by atoms with Crippen molar-refractivity contribution in [2.75, 3.05) is 13.2 Å². The molecular weight excluding hydrogens is 925 g/mol. The van der Waals surface area contributed by atoms with Gasteiger partial charge in [-0.1, -0.05) is 249 Å². The van der Waals surface area contributed by atoms with E-state index < -0.39 is 6.10 Å². The van der Waals surface area contributed by atoms with Crippen molar-refractivity contribution in [2.45, 2.75) is 245 Å². The predicted octanol–water partition coefficient (Wildman–Crippen LogP) is 20.5. The Morgan fingerprint density at radius 3 is 0.840 bits per heavy atom. The topological polar surface area (TPSA) is 78.9 Å². The summed E-state index contributed by atoms with van der Waals surface area (Å²) in [6.07, 6.45) is 89.9. The average Bonchev–Trinajstić information content (AvgIpc) is 3.41. The molecule has 0 aromatic rings. The van der Waals surface area contributed by atoms with E-state index in [1.165, 1.54) is 51.4 Å². The Morgan fingerprint density at radius 2 is 0.520 bits per heavy atom. The lowest BCUT2D eigenvalue weighted by molar-refractivity contribution is -0.167. The fraction of sp³-hybridized carbons (Fsp3) is 0.580. The number of allylic oxidation sites excluding steroid dienone is 26. The van der Waals surface area contributed by atoms with E-state index in [1.807, 2.05) is 0 Å². The van der Waals surface area contributed by atoms with Crippen molar-refractivity contribution in [1.82, 2.24) is 0 Å². The van der Waals surface area contributed by atoms with Crippen LogP contribution in [0, 0.1) is 0 Å². The number of hydrogen-bond acceptors (Lipinski definition) is 6. The summed E-state index contributed by atoms with van der Waals surface area (Å²) >= 11 is 0. The molecule has 0 fully saturated rings. The molecule has 420 valence electrons. The summed E-state index contributed by atoms with van der Waals surface area (Å²) in [5.74, 6) is -0.972. The van der Waals surface area contributed by atoms with E-state index in [9.17, 15) is 14.4 Å². The zero-order chi connectivity index (χ0) is 54.3. The van der Waals surface area contributed by atoms with Crippen LogP contribution in [0.5, 0.6) is 0 Å². The quantitative estimate of drug-likeness (QED) is 0.0261. The van der Waals surface area contributed by atoms with Crippen LogP contribution >= 0.6 is 0 Å². The van der Waals surface area contributed by atoms with Crippen LogP contribution in [-0.2, 0) is 28.6 Å². The summed E-state index contributed by atoms with van der Waals surface area (Å²) in [4.78, 5) is 37.9. The smallest absolute Gasteiger partial charge is 0.306 e. The first-order chi connectivity index (χ1) is 37.0. The highest BCUT2D eigenvalue weighted by Gasteiger charge is 2.19. The number of esters is 3. The SMILES string of the molecule is CC/C=C\C/C=C\C/C=C\C/C=C\C/C=C\C/C=C\C/C=C\C/C=C\C/C=C\CCCCCCCCCC(=O)OCC(COC(=O)CCCCCCCCC)OC(=O)CCCC/C=C\C/C=C\C/C=C\C/C=C\CC. The van der Waals surface area contributed by atoms with Crippen LogP contribution < -0.4 is 0 Å². The lowest BCUT2D eigenvalue weighted by Gasteiger charge is -2.18.